The first-order chi connectivity index (χ1) is 9.36. The van der Waals surface area contributed by atoms with Crippen molar-refractivity contribution in [2.24, 2.45) is 11.3 Å². The van der Waals surface area contributed by atoms with Gasteiger partial charge in [-0.2, -0.15) is 0 Å². The van der Waals surface area contributed by atoms with E-state index in [0.29, 0.717) is 6.42 Å². The first kappa shape index (κ1) is 19.6. The lowest BCUT2D eigenvalue weighted by Crippen LogP contribution is -2.45. The van der Waals surface area contributed by atoms with Gasteiger partial charge in [0.05, 0.1) is 6.04 Å². The van der Waals surface area contributed by atoms with E-state index >= 15 is 0 Å². The Hall–Kier alpha value is -1.39. The summed E-state index contributed by atoms with van der Waals surface area (Å²) < 4.78 is 5.18. The van der Waals surface area contributed by atoms with Crippen molar-refractivity contribution in [3.63, 3.8) is 0 Å². The molecule has 0 bridgehead atoms. The number of amides is 1. The van der Waals surface area contributed by atoms with E-state index in [1.54, 1.807) is 34.6 Å². The Bertz CT molecular complexity index is 380. The average molecular weight is 299 g/mol. The van der Waals surface area contributed by atoms with Crippen LogP contribution in [0.4, 0.5) is 4.79 Å². The van der Waals surface area contributed by atoms with Gasteiger partial charge in [-0.15, -0.1) is 0 Å². The Balaban J connectivity index is 4.84. The predicted octanol–water partition coefficient (Wildman–Crippen LogP) is 3.11. The van der Waals surface area contributed by atoms with E-state index in [2.05, 4.69) is 5.32 Å². The third-order valence-electron chi connectivity index (χ3n) is 2.74. The van der Waals surface area contributed by atoms with E-state index in [1.165, 1.54) is 0 Å². The number of carbonyl (C=O) groups is 3. The predicted molar refractivity (Wildman–Crippen MR) is 82.1 cm³/mol. The topological polar surface area (TPSA) is 72.5 Å². The van der Waals surface area contributed by atoms with Crippen LogP contribution in [-0.2, 0) is 14.3 Å². The number of Topliss-reactive ketones (excluding diaryl/α,β-unsaturated/α-hetero) is 1. The number of nitrogens with one attached hydrogen (secondary N) is 1. The van der Waals surface area contributed by atoms with E-state index in [9.17, 15) is 14.4 Å². The maximum absolute atomic E-state index is 12.3. The van der Waals surface area contributed by atoms with Gasteiger partial charge < -0.3 is 14.8 Å². The second-order valence-electron chi connectivity index (χ2n) is 7.58. The molecule has 1 N–H and O–H groups in total. The van der Waals surface area contributed by atoms with Crippen LogP contribution < -0.4 is 5.32 Å². The largest absolute Gasteiger partial charge is 0.444 e. The summed E-state index contributed by atoms with van der Waals surface area (Å²) in [7, 11) is 0. The van der Waals surface area contributed by atoms with E-state index < -0.39 is 23.2 Å². The lowest BCUT2D eigenvalue weighted by molar-refractivity contribution is -0.127. The molecule has 0 aliphatic heterocycles. The Kier molecular flexibility index (Phi) is 7.07. The van der Waals surface area contributed by atoms with Crippen molar-refractivity contribution in [3.05, 3.63) is 0 Å². The van der Waals surface area contributed by atoms with Crippen LogP contribution >= 0.6 is 0 Å². The van der Waals surface area contributed by atoms with Gasteiger partial charge in [0, 0.05) is 11.8 Å². The molecule has 1 amide bonds. The number of hydrogen-bond acceptors (Lipinski definition) is 4. The molecule has 0 fully saturated rings. The van der Waals surface area contributed by atoms with Crippen LogP contribution in [0.5, 0.6) is 0 Å². The van der Waals surface area contributed by atoms with Gasteiger partial charge in [0.15, 0.2) is 5.78 Å². The van der Waals surface area contributed by atoms with Gasteiger partial charge in [0.1, 0.15) is 11.9 Å². The summed E-state index contributed by atoms with van der Waals surface area (Å²) in [5.74, 6) is 0.0971. The number of rotatable bonds is 7. The van der Waals surface area contributed by atoms with Gasteiger partial charge >= 0.3 is 6.09 Å². The first-order valence-electron chi connectivity index (χ1n) is 7.35. The number of aldehydes is 1. The minimum absolute atomic E-state index is 0.101. The molecule has 0 saturated heterocycles. The standard InChI is InChI=1S/C16H29NO4/c1-11(2)8-12(13(19)9-16(6,7)10-18)17-14(20)21-15(3,4)5/h10-12H,8-9H2,1-7H3,(H,17,20)/t12-/m0/s1. The molecule has 0 aromatic rings. The average Bonchev–Trinajstić information content (AvgIpc) is 2.24. The van der Waals surface area contributed by atoms with Crippen LogP contribution in [-0.4, -0.2) is 29.8 Å². The molecule has 0 spiro atoms. The summed E-state index contributed by atoms with van der Waals surface area (Å²) in [4.78, 5) is 35.1. The molecule has 5 nitrogen and oxygen atoms in total. The molecule has 0 aliphatic rings. The Labute approximate surface area is 127 Å². The summed E-state index contributed by atoms with van der Waals surface area (Å²) in [5, 5.41) is 2.62. The minimum Gasteiger partial charge on any atom is -0.444 e. The van der Waals surface area contributed by atoms with Crippen molar-refractivity contribution >= 4 is 18.2 Å². The van der Waals surface area contributed by atoms with E-state index in [4.69, 9.17) is 4.74 Å². The Morgan fingerprint density at radius 3 is 2.05 bits per heavy atom. The highest BCUT2D eigenvalue weighted by molar-refractivity contribution is 5.89. The van der Waals surface area contributed by atoms with Gasteiger partial charge in [-0.25, -0.2) is 4.79 Å². The molecule has 1 atom stereocenters. The molecule has 5 heteroatoms. The zero-order chi connectivity index (χ0) is 16.8. The molecule has 0 aliphatic carbocycles. The number of ketones is 1. The molecular weight excluding hydrogens is 270 g/mol. The fourth-order valence-electron chi connectivity index (χ4n) is 1.81. The quantitative estimate of drug-likeness (QED) is 0.733. The SMILES string of the molecule is CC(C)C[C@H](NC(=O)OC(C)(C)C)C(=O)CC(C)(C)C=O. The van der Waals surface area contributed by atoms with Crippen LogP contribution in [0.1, 0.15) is 61.3 Å². The highest BCUT2D eigenvalue weighted by Crippen LogP contribution is 2.20. The molecule has 0 radical (unpaired) electrons. The van der Waals surface area contributed by atoms with Crippen LogP contribution in [0, 0.1) is 11.3 Å². The van der Waals surface area contributed by atoms with Crippen molar-refractivity contribution in [1.29, 1.82) is 0 Å². The summed E-state index contributed by atoms with van der Waals surface area (Å²) in [5.41, 5.74) is -1.33. The van der Waals surface area contributed by atoms with Gasteiger partial charge in [-0.05, 0) is 33.1 Å². The van der Waals surface area contributed by atoms with Crippen LogP contribution in [0.3, 0.4) is 0 Å². The molecule has 21 heavy (non-hydrogen) atoms. The normalized spacial score (nSPS) is 13.7. The lowest BCUT2D eigenvalue weighted by atomic mass is 9.85. The van der Waals surface area contributed by atoms with Gasteiger partial charge in [-0.1, -0.05) is 27.7 Å². The fourth-order valence-corrected chi connectivity index (χ4v) is 1.81. The molecule has 0 saturated carbocycles. The molecule has 0 unspecified atom stereocenters. The maximum Gasteiger partial charge on any atom is 0.408 e. The van der Waals surface area contributed by atoms with Crippen molar-refractivity contribution in [2.45, 2.75) is 73.0 Å². The van der Waals surface area contributed by atoms with Crippen LogP contribution in [0.15, 0.2) is 0 Å². The summed E-state index contributed by atoms with van der Waals surface area (Å²) in [6.07, 6.45) is 0.784. The fraction of sp³-hybridized carbons (Fsp3) is 0.812. The molecule has 0 rings (SSSR count). The Morgan fingerprint density at radius 1 is 1.14 bits per heavy atom. The number of hydrogen-bond donors (Lipinski definition) is 1. The summed E-state index contributed by atoms with van der Waals surface area (Å²) in [6, 6.07) is -0.626. The third-order valence-corrected chi connectivity index (χ3v) is 2.74. The van der Waals surface area contributed by atoms with Crippen molar-refractivity contribution < 1.29 is 19.1 Å². The highest BCUT2D eigenvalue weighted by atomic mass is 16.6. The monoisotopic (exact) mass is 299 g/mol. The summed E-state index contributed by atoms with van der Waals surface area (Å²) in [6.45, 7) is 12.7. The van der Waals surface area contributed by atoms with Crippen molar-refractivity contribution in [3.8, 4) is 0 Å². The van der Waals surface area contributed by atoms with Crippen molar-refractivity contribution in [1.82, 2.24) is 5.32 Å². The molecule has 0 aromatic heterocycles. The maximum atomic E-state index is 12.3. The molecule has 0 aromatic carbocycles. The molecular formula is C16H29NO4. The smallest absolute Gasteiger partial charge is 0.408 e. The second-order valence-corrected chi connectivity index (χ2v) is 7.58. The zero-order valence-corrected chi connectivity index (χ0v) is 14.3. The lowest BCUT2D eigenvalue weighted by Gasteiger charge is -2.25. The van der Waals surface area contributed by atoms with E-state index in [0.717, 1.165) is 6.29 Å². The van der Waals surface area contributed by atoms with E-state index in [1.807, 2.05) is 13.8 Å². The van der Waals surface area contributed by atoms with Crippen LogP contribution in [0.2, 0.25) is 0 Å². The Morgan fingerprint density at radius 2 is 1.67 bits per heavy atom. The minimum atomic E-state index is -0.720. The number of carbonyl (C=O) groups excluding carboxylic acids is 3. The van der Waals surface area contributed by atoms with Gasteiger partial charge in [-0.3, -0.25) is 4.79 Å². The van der Waals surface area contributed by atoms with Crippen molar-refractivity contribution in [2.75, 3.05) is 0 Å². The van der Waals surface area contributed by atoms with E-state index in [-0.39, 0.29) is 18.1 Å². The third kappa shape index (κ3) is 9.21. The van der Waals surface area contributed by atoms with Gasteiger partial charge in [0.2, 0.25) is 0 Å². The second kappa shape index (κ2) is 7.57. The number of ether oxygens (including phenoxy) is 1. The van der Waals surface area contributed by atoms with Crippen LogP contribution in [0.25, 0.3) is 0 Å². The molecule has 122 valence electrons. The molecule has 0 heterocycles. The highest BCUT2D eigenvalue weighted by Gasteiger charge is 2.29. The number of alkyl carbamates (subject to hydrolysis) is 1. The van der Waals surface area contributed by atoms with Gasteiger partial charge in [0.25, 0.3) is 0 Å². The summed E-state index contributed by atoms with van der Waals surface area (Å²) >= 11 is 0. The first-order valence-corrected chi connectivity index (χ1v) is 7.35. The zero-order valence-electron chi connectivity index (χ0n) is 14.3.